The molecule has 1 atom stereocenters. The average molecular weight is 238 g/mol. The molecule has 0 aliphatic heterocycles. The molecule has 0 bridgehead atoms. The Hall–Kier alpha value is -0.530. The predicted octanol–water partition coefficient (Wildman–Crippen LogP) is 3.66. The van der Waals surface area contributed by atoms with Crippen molar-refractivity contribution in [2.75, 3.05) is 6.54 Å². The van der Waals surface area contributed by atoms with Crippen molar-refractivity contribution in [3.8, 4) is 0 Å². The van der Waals surface area contributed by atoms with Gasteiger partial charge >= 0.3 is 0 Å². The highest BCUT2D eigenvalue weighted by molar-refractivity contribution is 6.30. The Labute approximate surface area is 103 Å². The van der Waals surface area contributed by atoms with Crippen LogP contribution in [-0.2, 0) is 6.42 Å². The first-order valence-electron chi connectivity index (χ1n) is 6.12. The molecule has 2 heteroatoms. The van der Waals surface area contributed by atoms with Gasteiger partial charge in [-0.1, -0.05) is 37.6 Å². The van der Waals surface area contributed by atoms with E-state index < -0.39 is 0 Å². The van der Waals surface area contributed by atoms with E-state index in [4.69, 9.17) is 11.6 Å². The topological polar surface area (TPSA) is 12.0 Å². The molecule has 1 N–H and O–H groups in total. The molecular weight excluding hydrogens is 218 g/mol. The van der Waals surface area contributed by atoms with Gasteiger partial charge in [-0.15, -0.1) is 0 Å². The molecule has 0 aromatic heterocycles. The van der Waals surface area contributed by atoms with E-state index in [0.29, 0.717) is 11.5 Å². The molecule has 1 saturated carbocycles. The second-order valence-electron chi connectivity index (χ2n) is 5.10. The van der Waals surface area contributed by atoms with Crippen molar-refractivity contribution >= 4 is 11.6 Å². The number of hydrogen-bond acceptors (Lipinski definition) is 1. The minimum atomic E-state index is 0.512. The van der Waals surface area contributed by atoms with Crippen LogP contribution in [0.25, 0.3) is 0 Å². The normalized spacial score (nSPS) is 19.4. The van der Waals surface area contributed by atoms with Gasteiger partial charge in [-0.05, 0) is 48.9 Å². The van der Waals surface area contributed by atoms with Gasteiger partial charge in [0.05, 0.1) is 0 Å². The monoisotopic (exact) mass is 237 g/mol. The van der Waals surface area contributed by atoms with Crippen molar-refractivity contribution in [2.45, 2.75) is 39.2 Å². The maximum atomic E-state index is 6.01. The van der Waals surface area contributed by atoms with Gasteiger partial charge in [0.1, 0.15) is 0 Å². The van der Waals surface area contributed by atoms with Crippen LogP contribution >= 0.6 is 11.6 Å². The highest BCUT2D eigenvalue weighted by Gasteiger charge is 2.44. The molecule has 0 saturated heterocycles. The van der Waals surface area contributed by atoms with Gasteiger partial charge < -0.3 is 5.32 Å². The van der Waals surface area contributed by atoms with Gasteiger partial charge in [0.15, 0.2) is 0 Å². The SMILES string of the molecule is CCNC(Cc1cccc(Cl)c1)C1(C)CC1. The van der Waals surface area contributed by atoms with E-state index in [1.54, 1.807) is 0 Å². The molecule has 1 fully saturated rings. The number of likely N-dealkylation sites (N-methyl/N-ethyl adjacent to an activating group) is 1. The summed E-state index contributed by atoms with van der Waals surface area (Å²) in [6, 6.07) is 8.82. The van der Waals surface area contributed by atoms with Crippen molar-refractivity contribution in [1.82, 2.24) is 5.32 Å². The zero-order valence-electron chi connectivity index (χ0n) is 10.1. The predicted molar refractivity (Wildman–Crippen MR) is 70.0 cm³/mol. The summed E-state index contributed by atoms with van der Waals surface area (Å²) < 4.78 is 0. The zero-order valence-corrected chi connectivity index (χ0v) is 10.8. The number of nitrogens with one attached hydrogen (secondary N) is 1. The van der Waals surface area contributed by atoms with E-state index in [9.17, 15) is 0 Å². The quantitative estimate of drug-likeness (QED) is 0.824. The molecule has 1 aromatic rings. The average Bonchev–Trinajstić information content (AvgIpc) is 2.97. The molecule has 88 valence electrons. The number of hydrogen-bond donors (Lipinski definition) is 1. The second-order valence-corrected chi connectivity index (χ2v) is 5.53. The van der Waals surface area contributed by atoms with Gasteiger partial charge in [0.25, 0.3) is 0 Å². The largest absolute Gasteiger partial charge is 0.313 e. The van der Waals surface area contributed by atoms with Crippen LogP contribution in [0.15, 0.2) is 24.3 Å². The third kappa shape index (κ3) is 2.78. The highest BCUT2D eigenvalue weighted by atomic mass is 35.5. The molecule has 0 spiro atoms. The molecule has 2 rings (SSSR count). The van der Waals surface area contributed by atoms with Crippen LogP contribution in [0.1, 0.15) is 32.3 Å². The summed E-state index contributed by atoms with van der Waals surface area (Å²) in [7, 11) is 0. The van der Waals surface area contributed by atoms with Crippen LogP contribution in [0.5, 0.6) is 0 Å². The van der Waals surface area contributed by atoms with Gasteiger partial charge in [-0.25, -0.2) is 0 Å². The van der Waals surface area contributed by atoms with Crippen LogP contribution in [-0.4, -0.2) is 12.6 Å². The lowest BCUT2D eigenvalue weighted by Crippen LogP contribution is -2.37. The lowest BCUT2D eigenvalue weighted by atomic mass is 9.92. The van der Waals surface area contributed by atoms with Crippen LogP contribution in [0, 0.1) is 5.41 Å². The number of rotatable bonds is 5. The summed E-state index contributed by atoms with van der Waals surface area (Å²) in [5, 5.41) is 4.45. The van der Waals surface area contributed by atoms with Gasteiger partial charge in [0, 0.05) is 11.1 Å². The maximum Gasteiger partial charge on any atom is 0.0408 e. The van der Waals surface area contributed by atoms with Crippen molar-refractivity contribution in [3.05, 3.63) is 34.9 Å². The molecule has 1 nitrogen and oxygen atoms in total. The second kappa shape index (κ2) is 4.77. The van der Waals surface area contributed by atoms with Crippen LogP contribution in [0.3, 0.4) is 0 Å². The Morgan fingerprint density at radius 3 is 2.75 bits per heavy atom. The standard InChI is InChI=1S/C14H20ClN/c1-3-16-13(14(2)7-8-14)10-11-5-4-6-12(15)9-11/h4-6,9,13,16H,3,7-8,10H2,1-2H3. The van der Waals surface area contributed by atoms with E-state index in [1.165, 1.54) is 18.4 Å². The Morgan fingerprint density at radius 1 is 1.44 bits per heavy atom. The number of benzene rings is 1. The number of halogens is 1. The van der Waals surface area contributed by atoms with Crippen molar-refractivity contribution in [3.63, 3.8) is 0 Å². The maximum absolute atomic E-state index is 6.01. The molecule has 0 amide bonds. The van der Waals surface area contributed by atoms with Gasteiger partial charge in [0.2, 0.25) is 0 Å². The van der Waals surface area contributed by atoms with Crippen LogP contribution < -0.4 is 5.32 Å². The van der Waals surface area contributed by atoms with Gasteiger partial charge in [-0.3, -0.25) is 0 Å². The fraction of sp³-hybridized carbons (Fsp3) is 0.571. The Morgan fingerprint density at radius 2 is 2.19 bits per heavy atom. The summed E-state index contributed by atoms with van der Waals surface area (Å²) in [6.07, 6.45) is 3.79. The summed E-state index contributed by atoms with van der Waals surface area (Å²) in [5.41, 5.74) is 1.85. The van der Waals surface area contributed by atoms with Gasteiger partial charge in [-0.2, -0.15) is 0 Å². The molecule has 1 aromatic carbocycles. The minimum Gasteiger partial charge on any atom is -0.313 e. The molecular formula is C14H20ClN. The minimum absolute atomic E-state index is 0.512. The van der Waals surface area contributed by atoms with Crippen molar-refractivity contribution in [2.24, 2.45) is 5.41 Å². The molecule has 1 aliphatic carbocycles. The summed E-state index contributed by atoms with van der Waals surface area (Å²) in [6.45, 7) is 5.60. The van der Waals surface area contributed by atoms with E-state index >= 15 is 0 Å². The Kier molecular flexibility index (Phi) is 3.56. The Bertz CT molecular complexity index is 358. The molecule has 0 heterocycles. The first-order valence-corrected chi connectivity index (χ1v) is 6.50. The van der Waals surface area contributed by atoms with Crippen molar-refractivity contribution in [1.29, 1.82) is 0 Å². The van der Waals surface area contributed by atoms with Crippen LogP contribution in [0.2, 0.25) is 5.02 Å². The zero-order chi connectivity index (χ0) is 11.6. The van der Waals surface area contributed by atoms with E-state index in [2.05, 4.69) is 31.3 Å². The highest BCUT2D eigenvalue weighted by Crippen LogP contribution is 2.48. The first kappa shape index (κ1) is 11.9. The smallest absolute Gasteiger partial charge is 0.0408 e. The van der Waals surface area contributed by atoms with E-state index in [-0.39, 0.29) is 0 Å². The van der Waals surface area contributed by atoms with Crippen molar-refractivity contribution < 1.29 is 0 Å². The summed E-state index contributed by atoms with van der Waals surface area (Å²) >= 11 is 6.01. The fourth-order valence-corrected chi connectivity index (χ4v) is 2.47. The Balaban J connectivity index is 2.05. The fourth-order valence-electron chi connectivity index (χ4n) is 2.26. The molecule has 0 radical (unpaired) electrons. The van der Waals surface area contributed by atoms with Crippen LogP contribution in [0.4, 0.5) is 0 Å². The van der Waals surface area contributed by atoms with E-state index in [1.807, 2.05) is 12.1 Å². The third-order valence-corrected chi connectivity index (χ3v) is 3.89. The lowest BCUT2D eigenvalue weighted by molar-refractivity contribution is 0.360. The first-order chi connectivity index (χ1) is 7.64. The molecule has 16 heavy (non-hydrogen) atoms. The molecule has 1 aliphatic rings. The summed E-state index contributed by atoms with van der Waals surface area (Å²) in [5.74, 6) is 0. The summed E-state index contributed by atoms with van der Waals surface area (Å²) in [4.78, 5) is 0. The molecule has 1 unspecified atom stereocenters. The third-order valence-electron chi connectivity index (χ3n) is 3.66. The van der Waals surface area contributed by atoms with E-state index in [0.717, 1.165) is 18.0 Å². The lowest BCUT2D eigenvalue weighted by Gasteiger charge is -2.24.